The Morgan fingerprint density at radius 3 is 2.39 bits per heavy atom. The normalized spacial score (nSPS) is 16.7. The fourth-order valence-corrected chi connectivity index (χ4v) is 4.81. The molecule has 1 N–H and O–H groups in total. The number of aliphatic hydroxyl groups is 1. The molecule has 0 saturated heterocycles. The molecule has 0 radical (unpaired) electrons. The Bertz CT molecular complexity index is 1100. The number of hydrogen-bond donors (Lipinski definition) is 2. The third-order valence-electron chi connectivity index (χ3n) is 4.38. The smallest absolute Gasteiger partial charge is 0.369 e. The third kappa shape index (κ3) is 5.79. The van der Waals surface area contributed by atoms with E-state index < -0.39 is 34.1 Å². The summed E-state index contributed by atoms with van der Waals surface area (Å²) in [6, 6.07) is 5.09. The molecule has 1 aromatic carbocycles. The SMILES string of the molecule is CC(C)CC1(CC(C)C)OC(=O)C(N=Nc2nc3ccc(C[SH](=O)=O)cc3s2)=C(O)O1. The topological polar surface area (TPSA) is 128 Å². The van der Waals surface area contributed by atoms with Crippen LogP contribution in [0, 0.1) is 11.8 Å². The van der Waals surface area contributed by atoms with Crippen molar-refractivity contribution in [3.63, 3.8) is 0 Å². The molecular weight excluding hydrogens is 442 g/mol. The second-order valence-corrected chi connectivity index (χ2v) is 10.2. The van der Waals surface area contributed by atoms with Crippen LogP contribution in [-0.4, -0.2) is 30.3 Å². The summed E-state index contributed by atoms with van der Waals surface area (Å²) >= 11 is 1.18. The molecule has 31 heavy (non-hydrogen) atoms. The molecule has 1 aliphatic rings. The average molecular weight is 468 g/mol. The molecule has 0 atom stereocenters. The summed E-state index contributed by atoms with van der Waals surface area (Å²) in [6.07, 6.45) is 0.862. The Labute approximate surface area is 185 Å². The number of cyclic esters (lactones) is 1. The van der Waals surface area contributed by atoms with Crippen LogP contribution >= 0.6 is 11.3 Å². The number of rotatable bonds is 8. The van der Waals surface area contributed by atoms with Gasteiger partial charge in [-0.3, -0.25) is 0 Å². The van der Waals surface area contributed by atoms with Crippen molar-refractivity contribution >= 4 is 43.4 Å². The summed E-state index contributed by atoms with van der Waals surface area (Å²) in [4.78, 5) is 16.9. The van der Waals surface area contributed by atoms with E-state index in [0.717, 1.165) is 4.70 Å². The number of aromatic nitrogens is 1. The van der Waals surface area contributed by atoms with Gasteiger partial charge < -0.3 is 14.6 Å². The van der Waals surface area contributed by atoms with Gasteiger partial charge in [0.1, 0.15) is 10.7 Å². The lowest BCUT2D eigenvalue weighted by atomic mass is 9.93. The van der Waals surface area contributed by atoms with E-state index in [1.165, 1.54) is 11.3 Å². The van der Waals surface area contributed by atoms with Crippen LogP contribution in [0.15, 0.2) is 40.1 Å². The summed E-state index contributed by atoms with van der Waals surface area (Å²) < 4.78 is 33.8. The molecule has 0 spiro atoms. The van der Waals surface area contributed by atoms with Crippen LogP contribution in [0.1, 0.15) is 46.1 Å². The van der Waals surface area contributed by atoms with Gasteiger partial charge in [0.15, 0.2) is 0 Å². The number of thiol groups is 1. The number of esters is 1. The second kappa shape index (κ2) is 9.31. The van der Waals surface area contributed by atoms with Crippen molar-refractivity contribution < 1.29 is 27.8 Å². The van der Waals surface area contributed by atoms with Gasteiger partial charge in [0.25, 0.3) is 11.5 Å². The van der Waals surface area contributed by atoms with Crippen molar-refractivity contribution in [2.24, 2.45) is 22.1 Å². The van der Waals surface area contributed by atoms with Crippen molar-refractivity contribution in [3.05, 3.63) is 35.4 Å². The highest BCUT2D eigenvalue weighted by Gasteiger charge is 2.45. The van der Waals surface area contributed by atoms with Crippen LogP contribution < -0.4 is 0 Å². The molecule has 1 aromatic heterocycles. The van der Waals surface area contributed by atoms with Gasteiger partial charge >= 0.3 is 11.9 Å². The van der Waals surface area contributed by atoms with Crippen molar-refractivity contribution in [1.82, 2.24) is 4.98 Å². The zero-order chi connectivity index (χ0) is 22.8. The molecule has 0 amide bonds. The maximum absolute atomic E-state index is 12.6. The second-order valence-electron chi connectivity index (χ2n) is 8.24. The van der Waals surface area contributed by atoms with Crippen LogP contribution in [0.5, 0.6) is 0 Å². The van der Waals surface area contributed by atoms with Crippen LogP contribution in [0.2, 0.25) is 0 Å². The van der Waals surface area contributed by atoms with Crippen LogP contribution in [0.4, 0.5) is 5.13 Å². The van der Waals surface area contributed by atoms with Gasteiger partial charge in [0, 0.05) is 12.8 Å². The van der Waals surface area contributed by atoms with Crippen molar-refractivity contribution in [2.45, 2.75) is 52.1 Å². The standard InChI is InChI=1S/C20H25N3O6S2/c1-11(2)8-20(9-12(3)4)28-17(24)16(18(25)29-20)22-23-19-21-14-6-5-13(10-31(26)27)7-15(14)30-19/h5-7,11-12,24,31H,8-10H2,1-4H3. The van der Waals surface area contributed by atoms with Gasteiger partial charge in [0.2, 0.25) is 5.13 Å². The van der Waals surface area contributed by atoms with E-state index in [1.54, 1.807) is 18.2 Å². The number of azo groups is 1. The van der Waals surface area contributed by atoms with E-state index in [-0.39, 0.29) is 22.7 Å². The molecular formula is C20H25N3O6S2. The van der Waals surface area contributed by atoms with E-state index in [2.05, 4.69) is 15.2 Å². The number of ether oxygens (including phenoxy) is 2. The maximum Gasteiger partial charge on any atom is 0.369 e. The first-order valence-electron chi connectivity index (χ1n) is 9.85. The minimum Gasteiger partial charge on any atom is -0.479 e. The molecule has 0 unspecified atom stereocenters. The molecule has 168 valence electrons. The zero-order valence-corrected chi connectivity index (χ0v) is 19.4. The number of benzene rings is 1. The van der Waals surface area contributed by atoms with E-state index in [0.29, 0.717) is 23.9 Å². The quantitative estimate of drug-likeness (QED) is 0.330. The third-order valence-corrected chi connectivity index (χ3v) is 5.91. The summed E-state index contributed by atoms with van der Waals surface area (Å²) in [5.41, 5.74) is 0.843. The first-order valence-corrected chi connectivity index (χ1v) is 12.0. The number of thiazole rings is 1. The number of fused-ring (bicyclic) bond motifs is 1. The van der Waals surface area contributed by atoms with Crippen molar-refractivity contribution in [3.8, 4) is 0 Å². The molecule has 3 rings (SSSR count). The van der Waals surface area contributed by atoms with E-state index in [1.807, 2.05) is 27.7 Å². The molecule has 0 fully saturated rings. The summed E-state index contributed by atoms with van der Waals surface area (Å²) in [5.74, 6) is -2.37. The molecule has 0 aliphatic carbocycles. The highest BCUT2D eigenvalue weighted by Crippen LogP contribution is 2.37. The predicted molar refractivity (Wildman–Crippen MR) is 117 cm³/mol. The monoisotopic (exact) mass is 467 g/mol. The first-order chi connectivity index (χ1) is 14.6. The average Bonchev–Trinajstić information content (AvgIpc) is 3.00. The largest absolute Gasteiger partial charge is 0.479 e. The number of carbonyl (C=O) groups excluding carboxylic acids is 1. The van der Waals surface area contributed by atoms with Crippen LogP contribution in [0.25, 0.3) is 10.2 Å². The number of carbonyl (C=O) groups is 1. The Morgan fingerprint density at radius 2 is 1.81 bits per heavy atom. The van der Waals surface area contributed by atoms with Gasteiger partial charge in [-0.1, -0.05) is 45.1 Å². The fraction of sp³-hybridized carbons (Fsp3) is 0.500. The Hall–Kier alpha value is -2.53. The lowest BCUT2D eigenvalue weighted by Gasteiger charge is -2.38. The fourth-order valence-electron chi connectivity index (χ4n) is 3.47. The van der Waals surface area contributed by atoms with Crippen LogP contribution in [-0.2, 0) is 30.7 Å². The van der Waals surface area contributed by atoms with Crippen LogP contribution in [0.3, 0.4) is 0 Å². The highest BCUT2D eigenvalue weighted by molar-refractivity contribution is 7.71. The van der Waals surface area contributed by atoms with E-state index in [4.69, 9.17) is 9.47 Å². The molecule has 11 heteroatoms. The molecule has 0 bridgehead atoms. The zero-order valence-electron chi connectivity index (χ0n) is 17.7. The van der Waals surface area contributed by atoms with Gasteiger partial charge in [-0.15, -0.1) is 10.2 Å². The minimum absolute atomic E-state index is 0.0571. The minimum atomic E-state index is -2.53. The number of aliphatic hydroxyl groups excluding tert-OH is 1. The lowest BCUT2D eigenvalue weighted by molar-refractivity contribution is -0.251. The Kier molecular flexibility index (Phi) is 6.95. The molecule has 2 heterocycles. The number of nitrogens with zero attached hydrogens (tertiary/aromatic N) is 3. The maximum atomic E-state index is 12.6. The van der Waals surface area contributed by atoms with Gasteiger partial charge in [0.05, 0.1) is 16.0 Å². The van der Waals surface area contributed by atoms with E-state index >= 15 is 0 Å². The Balaban J connectivity index is 1.85. The van der Waals surface area contributed by atoms with Crippen molar-refractivity contribution in [1.29, 1.82) is 0 Å². The highest BCUT2D eigenvalue weighted by atomic mass is 32.2. The first kappa shape index (κ1) is 23.1. The molecule has 1 aliphatic heterocycles. The summed E-state index contributed by atoms with van der Waals surface area (Å²) in [6.45, 7) is 7.90. The summed E-state index contributed by atoms with van der Waals surface area (Å²) in [5, 5.41) is 18.4. The Morgan fingerprint density at radius 1 is 1.13 bits per heavy atom. The lowest BCUT2D eigenvalue weighted by Crippen LogP contribution is -2.44. The molecule has 2 aromatic rings. The molecule has 9 nitrogen and oxygen atoms in total. The van der Waals surface area contributed by atoms with E-state index in [9.17, 15) is 18.3 Å². The summed E-state index contributed by atoms with van der Waals surface area (Å²) in [7, 11) is -2.53. The predicted octanol–water partition coefficient (Wildman–Crippen LogP) is 4.58. The molecule has 0 saturated carbocycles. The van der Waals surface area contributed by atoms with Gasteiger partial charge in [-0.05, 0) is 29.5 Å². The van der Waals surface area contributed by atoms with Gasteiger partial charge in [-0.2, -0.15) is 0 Å². The van der Waals surface area contributed by atoms with Gasteiger partial charge in [-0.25, -0.2) is 18.2 Å². The number of hydrogen-bond acceptors (Lipinski definition) is 10. The van der Waals surface area contributed by atoms with Crippen molar-refractivity contribution in [2.75, 3.05) is 0 Å².